The lowest BCUT2D eigenvalue weighted by Crippen LogP contribution is -2.41. The van der Waals surface area contributed by atoms with Gasteiger partial charge in [0.1, 0.15) is 0 Å². The van der Waals surface area contributed by atoms with Crippen LogP contribution in [-0.2, 0) is 4.74 Å². The Bertz CT molecular complexity index is 220. The minimum Gasteiger partial charge on any atom is -0.388 e. The fraction of sp³-hybridized carbons (Fsp3) is 1.00. The van der Waals surface area contributed by atoms with Crippen molar-refractivity contribution < 1.29 is 9.84 Å². The van der Waals surface area contributed by atoms with Crippen molar-refractivity contribution in [1.82, 2.24) is 0 Å². The summed E-state index contributed by atoms with van der Waals surface area (Å²) in [6, 6.07) is 0. The zero-order valence-corrected chi connectivity index (χ0v) is 11.6. The molecule has 1 rings (SSSR count). The maximum Gasteiger partial charge on any atom is 0.0798 e. The molecule has 3 heteroatoms. The van der Waals surface area contributed by atoms with Crippen molar-refractivity contribution in [2.75, 3.05) is 13.2 Å². The first-order valence-electron chi connectivity index (χ1n) is 7.02. The van der Waals surface area contributed by atoms with Gasteiger partial charge in [-0.05, 0) is 44.4 Å². The monoisotopic (exact) mass is 243 g/mol. The fourth-order valence-corrected chi connectivity index (χ4v) is 2.95. The first-order valence-corrected chi connectivity index (χ1v) is 7.02. The lowest BCUT2D eigenvalue weighted by molar-refractivity contribution is -0.0158. The number of hydrogen-bond donors (Lipinski definition) is 2. The third kappa shape index (κ3) is 4.57. The summed E-state index contributed by atoms with van der Waals surface area (Å²) in [5.74, 6) is 1.01. The van der Waals surface area contributed by atoms with Gasteiger partial charge in [-0.25, -0.2) is 0 Å². The smallest absolute Gasteiger partial charge is 0.0798 e. The van der Waals surface area contributed by atoms with Crippen molar-refractivity contribution in [2.45, 2.75) is 64.6 Å². The number of aliphatic hydroxyl groups is 1. The van der Waals surface area contributed by atoms with Crippen LogP contribution >= 0.6 is 0 Å². The first-order chi connectivity index (χ1) is 7.98. The maximum atomic E-state index is 10.3. The molecular formula is C14H29NO2. The molecular weight excluding hydrogens is 214 g/mol. The van der Waals surface area contributed by atoms with Gasteiger partial charge < -0.3 is 15.6 Å². The van der Waals surface area contributed by atoms with Crippen LogP contribution in [0.25, 0.3) is 0 Å². The fourth-order valence-electron chi connectivity index (χ4n) is 2.95. The highest BCUT2D eigenvalue weighted by Crippen LogP contribution is 2.37. The lowest BCUT2D eigenvalue weighted by Gasteiger charge is -2.29. The molecule has 17 heavy (non-hydrogen) atoms. The van der Waals surface area contributed by atoms with E-state index in [1.807, 2.05) is 0 Å². The van der Waals surface area contributed by atoms with Gasteiger partial charge in [0.15, 0.2) is 0 Å². The zero-order valence-electron chi connectivity index (χ0n) is 11.6. The van der Waals surface area contributed by atoms with Crippen molar-refractivity contribution in [1.29, 1.82) is 0 Å². The quantitative estimate of drug-likeness (QED) is 0.721. The average Bonchev–Trinajstić information content (AvgIpc) is 2.60. The third-order valence-electron chi connectivity index (χ3n) is 3.95. The van der Waals surface area contributed by atoms with Gasteiger partial charge in [0.25, 0.3) is 0 Å². The largest absolute Gasteiger partial charge is 0.388 e. The van der Waals surface area contributed by atoms with Crippen molar-refractivity contribution in [3.63, 3.8) is 0 Å². The Balaban J connectivity index is 2.22. The van der Waals surface area contributed by atoms with Crippen molar-refractivity contribution in [3.8, 4) is 0 Å². The number of nitrogens with two attached hydrogens (primary N) is 1. The van der Waals surface area contributed by atoms with Crippen molar-refractivity contribution >= 4 is 0 Å². The SMILES string of the molecule is CC(C)CC(C)OCCC1CCCC1(O)CN. The molecule has 0 aromatic heterocycles. The Kier molecular flexibility index (Phi) is 5.90. The van der Waals surface area contributed by atoms with E-state index in [2.05, 4.69) is 20.8 Å². The minimum atomic E-state index is -0.620. The van der Waals surface area contributed by atoms with Gasteiger partial charge in [0, 0.05) is 13.2 Å². The summed E-state index contributed by atoms with van der Waals surface area (Å²) in [5, 5.41) is 10.3. The van der Waals surface area contributed by atoms with Gasteiger partial charge >= 0.3 is 0 Å². The van der Waals surface area contributed by atoms with Crippen LogP contribution in [0.3, 0.4) is 0 Å². The van der Waals surface area contributed by atoms with E-state index in [9.17, 15) is 5.11 Å². The number of rotatable bonds is 7. The molecule has 3 N–H and O–H groups in total. The van der Waals surface area contributed by atoms with E-state index in [4.69, 9.17) is 10.5 Å². The van der Waals surface area contributed by atoms with Gasteiger partial charge in [0.2, 0.25) is 0 Å². The maximum absolute atomic E-state index is 10.3. The standard InChI is InChI=1S/C14H29NO2/c1-11(2)9-12(3)17-8-6-13-5-4-7-14(13,16)10-15/h11-13,16H,4-10,15H2,1-3H3. The second-order valence-corrected chi connectivity index (χ2v) is 6.00. The van der Waals surface area contributed by atoms with Crippen LogP contribution in [0.2, 0.25) is 0 Å². The lowest BCUT2D eigenvalue weighted by atomic mass is 9.88. The van der Waals surface area contributed by atoms with Gasteiger partial charge in [-0.1, -0.05) is 20.3 Å². The Morgan fingerprint density at radius 1 is 1.41 bits per heavy atom. The molecule has 1 fully saturated rings. The van der Waals surface area contributed by atoms with E-state index in [0.717, 1.165) is 38.7 Å². The van der Waals surface area contributed by atoms with Gasteiger partial charge in [0.05, 0.1) is 11.7 Å². The molecule has 0 amide bonds. The zero-order chi connectivity index (χ0) is 12.9. The summed E-state index contributed by atoms with van der Waals surface area (Å²) < 4.78 is 5.80. The molecule has 3 unspecified atom stereocenters. The van der Waals surface area contributed by atoms with Crippen LogP contribution in [0.1, 0.15) is 52.9 Å². The van der Waals surface area contributed by atoms with E-state index in [1.54, 1.807) is 0 Å². The average molecular weight is 243 g/mol. The van der Waals surface area contributed by atoms with Crippen LogP contribution in [0.15, 0.2) is 0 Å². The Morgan fingerprint density at radius 3 is 2.71 bits per heavy atom. The molecule has 0 aromatic carbocycles. The molecule has 1 aliphatic carbocycles. The van der Waals surface area contributed by atoms with Crippen LogP contribution in [0, 0.1) is 11.8 Å². The van der Waals surface area contributed by atoms with Crippen LogP contribution < -0.4 is 5.73 Å². The molecule has 0 aromatic rings. The highest BCUT2D eigenvalue weighted by Gasteiger charge is 2.39. The predicted molar refractivity (Wildman–Crippen MR) is 70.8 cm³/mol. The summed E-state index contributed by atoms with van der Waals surface area (Å²) in [4.78, 5) is 0. The van der Waals surface area contributed by atoms with Crippen LogP contribution in [-0.4, -0.2) is 30.0 Å². The van der Waals surface area contributed by atoms with Gasteiger partial charge in [-0.15, -0.1) is 0 Å². The minimum absolute atomic E-state index is 0.322. The molecule has 0 bridgehead atoms. The molecule has 102 valence electrons. The Morgan fingerprint density at radius 2 is 2.12 bits per heavy atom. The third-order valence-corrected chi connectivity index (χ3v) is 3.95. The Labute approximate surface area is 106 Å². The molecule has 0 heterocycles. The van der Waals surface area contributed by atoms with E-state index in [0.29, 0.717) is 24.5 Å². The molecule has 0 saturated heterocycles. The molecule has 1 aliphatic rings. The summed E-state index contributed by atoms with van der Waals surface area (Å²) in [6.07, 6.45) is 5.41. The summed E-state index contributed by atoms with van der Waals surface area (Å²) in [5.41, 5.74) is 5.04. The molecule has 3 nitrogen and oxygen atoms in total. The predicted octanol–water partition coefficient (Wildman–Crippen LogP) is 2.32. The van der Waals surface area contributed by atoms with Gasteiger partial charge in [-0.3, -0.25) is 0 Å². The number of ether oxygens (including phenoxy) is 1. The van der Waals surface area contributed by atoms with Crippen molar-refractivity contribution in [3.05, 3.63) is 0 Å². The van der Waals surface area contributed by atoms with E-state index >= 15 is 0 Å². The molecule has 0 radical (unpaired) electrons. The summed E-state index contributed by atoms with van der Waals surface area (Å²) in [7, 11) is 0. The summed E-state index contributed by atoms with van der Waals surface area (Å²) >= 11 is 0. The highest BCUT2D eigenvalue weighted by atomic mass is 16.5. The van der Waals surface area contributed by atoms with Gasteiger partial charge in [-0.2, -0.15) is 0 Å². The van der Waals surface area contributed by atoms with E-state index < -0.39 is 5.60 Å². The summed E-state index contributed by atoms with van der Waals surface area (Å²) in [6.45, 7) is 7.69. The Hall–Kier alpha value is -0.120. The van der Waals surface area contributed by atoms with E-state index in [1.165, 1.54) is 0 Å². The first kappa shape index (κ1) is 14.9. The molecule has 0 aliphatic heterocycles. The normalized spacial score (nSPS) is 31.1. The van der Waals surface area contributed by atoms with E-state index in [-0.39, 0.29) is 0 Å². The molecule has 3 atom stereocenters. The topological polar surface area (TPSA) is 55.5 Å². The highest BCUT2D eigenvalue weighted by molar-refractivity contribution is 4.92. The van der Waals surface area contributed by atoms with Crippen LogP contribution in [0.4, 0.5) is 0 Å². The second kappa shape index (κ2) is 6.72. The second-order valence-electron chi connectivity index (χ2n) is 6.00. The van der Waals surface area contributed by atoms with Crippen LogP contribution in [0.5, 0.6) is 0 Å². The molecule has 1 saturated carbocycles. The van der Waals surface area contributed by atoms with Crippen molar-refractivity contribution in [2.24, 2.45) is 17.6 Å². The molecule has 0 spiro atoms. The number of hydrogen-bond acceptors (Lipinski definition) is 3.